The van der Waals surface area contributed by atoms with Gasteiger partial charge in [0.05, 0.1) is 24.3 Å². The first-order chi connectivity index (χ1) is 11.4. The maximum Gasteiger partial charge on any atom is 0.417 e. The summed E-state index contributed by atoms with van der Waals surface area (Å²) in [4.78, 5) is 28.7. The van der Waals surface area contributed by atoms with Gasteiger partial charge in [-0.1, -0.05) is 0 Å². The van der Waals surface area contributed by atoms with Crippen LogP contribution in [-0.4, -0.2) is 53.3 Å². The van der Waals surface area contributed by atoms with E-state index in [0.29, 0.717) is 43.0 Å². The molecule has 2 aliphatic rings. The minimum absolute atomic E-state index is 0.0819. The number of rotatable bonds is 1. The minimum Gasteiger partial charge on any atom is -0.408 e. The number of hydrogen-bond donors (Lipinski definition) is 1. The summed E-state index contributed by atoms with van der Waals surface area (Å²) in [6.07, 6.45) is 0.786. The fourth-order valence-corrected chi connectivity index (χ4v) is 3.72. The van der Waals surface area contributed by atoms with Crippen LogP contribution in [0.15, 0.2) is 27.4 Å². The second-order valence-corrected chi connectivity index (χ2v) is 7.23. The standard InChI is InChI=1S/C17H20N2O5/c1-16(2)8-19(9-17(24-16)5-6-22-10-17)14(20)11-3-4-13-12(7-11)18-15(21)23-13/h3-4,7H,5-6,8-10H2,1-2H3,(H,18,21). The molecule has 4 rings (SSSR count). The molecule has 2 saturated heterocycles. The average molecular weight is 332 g/mol. The monoisotopic (exact) mass is 332 g/mol. The summed E-state index contributed by atoms with van der Waals surface area (Å²) in [5.41, 5.74) is 0.629. The van der Waals surface area contributed by atoms with Crippen LogP contribution in [-0.2, 0) is 9.47 Å². The molecule has 1 spiro atoms. The highest BCUT2D eigenvalue weighted by atomic mass is 16.6. The fraction of sp³-hybridized carbons (Fsp3) is 0.529. The average Bonchev–Trinajstić information content (AvgIpc) is 3.09. The third kappa shape index (κ3) is 2.63. The summed E-state index contributed by atoms with van der Waals surface area (Å²) in [5.74, 6) is -0.606. The molecule has 1 aromatic heterocycles. The van der Waals surface area contributed by atoms with E-state index in [-0.39, 0.29) is 5.91 Å². The third-order valence-corrected chi connectivity index (χ3v) is 4.56. The van der Waals surface area contributed by atoms with Crippen molar-refractivity contribution in [2.24, 2.45) is 0 Å². The van der Waals surface area contributed by atoms with E-state index in [1.165, 1.54) is 0 Å². The van der Waals surface area contributed by atoms with E-state index in [0.717, 1.165) is 6.42 Å². The van der Waals surface area contributed by atoms with Crippen molar-refractivity contribution in [2.45, 2.75) is 31.5 Å². The number of carbonyl (C=O) groups is 1. The molecular weight excluding hydrogens is 312 g/mol. The number of aromatic nitrogens is 1. The maximum atomic E-state index is 13.0. The van der Waals surface area contributed by atoms with Crippen LogP contribution in [0.2, 0.25) is 0 Å². The number of nitrogens with zero attached hydrogens (tertiary/aromatic N) is 1. The molecule has 0 radical (unpaired) electrons. The molecule has 1 N–H and O–H groups in total. The summed E-state index contributed by atoms with van der Waals surface area (Å²) in [5, 5.41) is 0. The predicted molar refractivity (Wildman–Crippen MR) is 86.1 cm³/mol. The Hall–Kier alpha value is -2.12. The van der Waals surface area contributed by atoms with Crippen molar-refractivity contribution in [3.05, 3.63) is 34.3 Å². The lowest BCUT2D eigenvalue weighted by atomic mass is 9.94. The van der Waals surface area contributed by atoms with Crippen molar-refractivity contribution >= 4 is 17.0 Å². The lowest BCUT2D eigenvalue weighted by molar-refractivity contribution is -0.186. The van der Waals surface area contributed by atoms with Crippen LogP contribution in [0.5, 0.6) is 0 Å². The second kappa shape index (κ2) is 5.19. The van der Waals surface area contributed by atoms with Crippen molar-refractivity contribution in [1.82, 2.24) is 9.88 Å². The number of aromatic amines is 1. The molecule has 0 aliphatic carbocycles. The molecule has 2 aromatic rings. The Kier molecular flexibility index (Phi) is 3.33. The van der Waals surface area contributed by atoms with Gasteiger partial charge in [0.2, 0.25) is 0 Å². The van der Waals surface area contributed by atoms with Gasteiger partial charge < -0.3 is 18.8 Å². The Bertz CT molecular complexity index is 844. The third-order valence-electron chi connectivity index (χ3n) is 4.56. The SMILES string of the molecule is CC1(C)CN(C(=O)c2ccc3oc(=O)[nH]c3c2)CC2(CCOC2)O1. The van der Waals surface area contributed by atoms with Crippen molar-refractivity contribution in [3.8, 4) is 0 Å². The van der Waals surface area contributed by atoms with Crippen LogP contribution >= 0.6 is 0 Å². The number of oxazole rings is 1. The van der Waals surface area contributed by atoms with Crippen LogP contribution in [0, 0.1) is 0 Å². The summed E-state index contributed by atoms with van der Waals surface area (Å²) >= 11 is 0. The first-order valence-corrected chi connectivity index (χ1v) is 8.06. The largest absolute Gasteiger partial charge is 0.417 e. The van der Waals surface area contributed by atoms with Gasteiger partial charge in [-0.3, -0.25) is 9.78 Å². The van der Waals surface area contributed by atoms with Crippen LogP contribution in [0.1, 0.15) is 30.6 Å². The molecule has 24 heavy (non-hydrogen) atoms. The highest BCUT2D eigenvalue weighted by Crippen LogP contribution is 2.35. The van der Waals surface area contributed by atoms with Crippen LogP contribution in [0.3, 0.4) is 0 Å². The zero-order valence-electron chi connectivity index (χ0n) is 13.8. The topological polar surface area (TPSA) is 84.8 Å². The number of nitrogens with one attached hydrogen (secondary N) is 1. The van der Waals surface area contributed by atoms with Crippen molar-refractivity contribution in [3.63, 3.8) is 0 Å². The Labute approximate surface area is 138 Å². The Morgan fingerprint density at radius 3 is 2.88 bits per heavy atom. The van der Waals surface area contributed by atoms with Gasteiger partial charge in [-0.2, -0.15) is 0 Å². The van der Waals surface area contributed by atoms with Gasteiger partial charge >= 0.3 is 5.76 Å². The molecule has 0 saturated carbocycles. The van der Waals surface area contributed by atoms with Crippen molar-refractivity contribution < 1.29 is 18.7 Å². The van der Waals surface area contributed by atoms with Gasteiger partial charge in [0.15, 0.2) is 5.58 Å². The summed E-state index contributed by atoms with van der Waals surface area (Å²) < 4.78 is 16.7. The highest BCUT2D eigenvalue weighted by Gasteiger charge is 2.48. The molecule has 0 bridgehead atoms. The van der Waals surface area contributed by atoms with Gasteiger partial charge in [-0.15, -0.1) is 0 Å². The quantitative estimate of drug-likeness (QED) is 0.856. The van der Waals surface area contributed by atoms with E-state index in [9.17, 15) is 9.59 Å². The van der Waals surface area contributed by atoms with Gasteiger partial charge in [0.1, 0.15) is 5.60 Å². The number of amides is 1. The summed E-state index contributed by atoms with van der Waals surface area (Å²) in [7, 11) is 0. The lowest BCUT2D eigenvalue weighted by Crippen LogP contribution is -2.61. The lowest BCUT2D eigenvalue weighted by Gasteiger charge is -2.48. The molecule has 128 valence electrons. The van der Waals surface area contributed by atoms with E-state index in [4.69, 9.17) is 13.9 Å². The van der Waals surface area contributed by atoms with Gasteiger partial charge in [-0.25, -0.2) is 4.79 Å². The molecule has 2 aliphatic heterocycles. The van der Waals surface area contributed by atoms with Crippen LogP contribution in [0.25, 0.3) is 11.1 Å². The first-order valence-electron chi connectivity index (χ1n) is 8.06. The maximum absolute atomic E-state index is 13.0. The van der Waals surface area contributed by atoms with Crippen molar-refractivity contribution in [1.29, 1.82) is 0 Å². The Morgan fingerprint density at radius 2 is 2.12 bits per heavy atom. The summed E-state index contributed by atoms with van der Waals surface area (Å²) in [6, 6.07) is 4.98. The van der Waals surface area contributed by atoms with Crippen LogP contribution in [0.4, 0.5) is 0 Å². The number of H-pyrrole nitrogens is 1. The second-order valence-electron chi connectivity index (χ2n) is 7.23. The Balaban J connectivity index is 1.65. The van der Waals surface area contributed by atoms with E-state index < -0.39 is 17.0 Å². The zero-order chi connectivity index (χ0) is 16.9. The smallest absolute Gasteiger partial charge is 0.408 e. The Morgan fingerprint density at radius 1 is 1.29 bits per heavy atom. The zero-order valence-corrected chi connectivity index (χ0v) is 13.8. The number of hydrogen-bond acceptors (Lipinski definition) is 5. The van der Waals surface area contributed by atoms with Crippen LogP contribution < -0.4 is 5.76 Å². The van der Waals surface area contributed by atoms with E-state index >= 15 is 0 Å². The minimum atomic E-state index is -0.524. The molecule has 1 atom stereocenters. The molecular formula is C17H20N2O5. The molecule has 1 unspecified atom stereocenters. The van der Waals surface area contributed by atoms with Crippen molar-refractivity contribution in [2.75, 3.05) is 26.3 Å². The first kappa shape index (κ1) is 15.4. The van der Waals surface area contributed by atoms with Gasteiger partial charge in [0, 0.05) is 25.1 Å². The number of carbonyl (C=O) groups excluding carboxylic acids is 1. The number of ether oxygens (including phenoxy) is 2. The number of benzene rings is 1. The normalized spacial score (nSPS) is 26.3. The molecule has 1 aromatic carbocycles. The molecule has 2 fully saturated rings. The molecule has 7 heteroatoms. The fourth-order valence-electron chi connectivity index (χ4n) is 3.72. The highest BCUT2D eigenvalue weighted by molar-refractivity contribution is 5.97. The van der Waals surface area contributed by atoms with E-state index in [1.807, 2.05) is 18.7 Å². The number of morpholine rings is 1. The van der Waals surface area contributed by atoms with E-state index in [2.05, 4.69) is 4.98 Å². The van der Waals surface area contributed by atoms with E-state index in [1.54, 1.807) is 18.2 Å². The molecule has 1 amide bonds. The van der Waals surface area contributed by atoms with Gasteiger partial charge in [-0.05, 0) is 32.0 Å². The summed E-state index contributed by atoms with van der Waals surface area (Å²) in [6.45, 7) is 6.16. The molecule has 7 nitrogen and oxygen atoms in total. The molecule has 3 heterocycles. The van der Waals surface area contributed by atoms with Gasteiger partial charge in [0.25, 0.3) is 5.91 Å². The number of fused-ring (bicyclic) bond motifs is 1. The predicted octanol–water partition coefficient (Wildman–Crippen LogP) is 1.53.